The number of fused-ring (bicyclic) bond motifs is 1. The summed E-state index contributed by atoms with van der Waals surface area (Å²) in [6.45, 7) is 7.82. The largest absolute Gasteiger partial charge is 0.496 e. The summed E-state index contributed by atoms with van der Waals surface area (Å²) in [5.74, 6) is 1.01. The van der Waals surface area contributed by atoms with Crippen LogP contribution in [-0.4, -0.2) is 13.7 Å². The van der Waals surface area contributed by atoms with Crippen molar-refractivity contribution in [2.75, 3.05) is 13.7 Å². The predicted octanol–water partition coefficient (Wildman–Crippen LogP) is 3.69. The molecule has 0 aliphatic carbocycles. The van der Waals surface area contributed by atoms with E-state index in [9.17, 15) is 0 Å². The fourth-order valence-corrected chi connectivity index (χ4v) is 3.16. The lowest BCUT2D eigenvalue weighted by atomic mass is 9.78. The van der Waals surface area contributed by atoms with E-state index in [0.717, 1.165) is 18.7 Å². The van der Waals surface area contributed by atoms with Crippen molar-refractivity contribution in [2.24, 2.45) is 5.41 Å². The second-order valence-corrected chi connectivity index (χ2v) is 6.50. The minimum atomic E-state index is 0.198. The van der Waals surface area contributed by atoms with Crippen LogP contribution in [0.1, 0.15) is 37.9 Å². The molecule has 2 rings (SSSR count). The van der Waals surface area contributed by atoms with Crippen LogP contribution in [0.5, 0.6) is 5.75 Å². The quantitative estimate of drug-likeness (QED) is 0.853. The molecule has 1 aliphatic rings. The molecule has 0 radical (unpaired) electrons. The van der Waals surface area contributed by atoms with Crippen LogP contribution in [0.25, 0.3) is 0 Å². The van der Waals surface area contributed by atoms with Crippen LogP contribution in [0.3, 0.4) is 0 Å². The number of rotatable bonds is 1. The van der Waals surface area contributed by atoms with Gasteiger partial charge in [0.05, 0.1) is 7.11 Å². The van der Waals surface area contributed by atoms with E-state index < -0.39 is 0 Å². The van der Waals surface area contributed by atoms with Gasteiger partial charge in [-0.15, -0.1) is 0 Å². The van der Waals surface area contributed by atoms with E-state index in [1.54, 1.807) is 7.11 Å². The highest BCUT2D eigenvalue weighted by Gasteiger charge is 2.33. The van der Waals surface area contributed by atoms with Gasteiger partial charge in [-0.3, -0.25) is 0 Å². The highest BCUT2D eigenvalue weighted by atomic mass is 79.9. The molecule has 0 fully saturated rings. The molecule has 1 atom stereocenters. The molecule has 2 nitrogen and oxygen atoms in total. The van der Waals surface area contributed by atoms with Crippen LogP contribution in [-0.2, 0) is 6.42 Å². The first-order valence-electron chi connectivity index (χ1n) is 6.04. The Balaban J connectivity index is 2.57. The van der Waals surface area contributed by atoms with Crippen LogP contribution in [0, 0.1) is 5.41 Å². The van der Waals surface area contributed by atoms with Crippen molar-refractivity contribution in [3.63, 3.8) is 0 Å². The molecule has 0 spiro atoms. The molecule has 1 aromatic rings. The van der Waals surface area contributed by atoms with Crippen molar-refractivity contribution in [3.05, 3.63) is 27.7 Å². The van der Waals surface area contributed by atoms with E-state index in [1.165, 1.54) is 15.6 Å². The van der Waals surface area contributed by atoms with Gasteiger partial charge < -0.3 is 10.1 Å². The third-order valence-electron chi connectivity index (χ3n) is 3.36. The van der Waals surface area contributed by atoms with Crippen LogP contribution in [0.2, 0.25) is 0 Å². The second-order valence-electron chi connectivity index (χ2n) is 5.65. The van der Waals surface area contributed by atoms with Gasteiger partial charge in [0.1, 0.15) is 5.75 Å². The molecule has 1 aliphatic heterocycles. The lowest BCUT2D eigenvalue weighted by molar-refractivity contribution is 0.260. The van der Waals surface area contributed by atoms with Crippen molar-refractivity contribution in [2.45, 2.75) is 33.2 Å². The van der Waals surface area contributed by atoms with Gasteiger partial charge >= 0.3 is 0 Å². The molecule has 17 heavy (non-hydrogen) atoms. The summed E-state index contributed by atoms with van der Waals surface area (Å²) in [4.78, 5) is 0. The van der Waals surface area contributed by atoms with E-state index in [0.29, 0.717) is 6.04 Å². The lowest BCUT2D eigenvalue weighted by Crippen LogP contribution is -2.38. The molecule has 1 heterocycles. The van der Waals surface area contributed by atoms with Gasteiger partial charge in [-0.25, -0.2) is 0 Å². The molecule has 0 aromatic heterocycles. The van der Waals surface area contributed by atoms with Gasteiger partial charge in [0, 0.05) is 16.1 Å². The lowest BCUT2D eigenvalue weighted by Gasteiger charge is -2.37. The molecule has 1 aromatic carbocycles. The summed E-state index contributed by atoms with van der Waals surface area (Å²) in [5, 5.41) is 3.62. The molecular weight excluding hydrogens is 278 g/mol. The Morgan fingerprint density at radius 2 is 2.06 bits per heavy atom. The number of ether oxygens (including phenoxy) is 1. The van der Waals surface area contributed by atoms with E-state index in [1.807, 2.05) is 6.07 Å². The topological polar surface area (TPSA) is 21.3 Å². The van der Waals surface area contributed by atoms with Gasteiger partial charge in [0.2, 0.25) is 0 Å². The maximum atomic E-state index is 5.48. The smallest absolute Gasteiger partial charge is 0.122 e. The summed E-state index contributed by atoms with van der Waals surface area (Å²) in [6, 6.07) is 4.51. The zero-order valence-corrected chi connectivity index (χ0v) is 12.5. The first kappa shape index (κ1) is 12.9. The third-order valence-corrected chi connectivity index (χ3v) is 4.05. The summed E-state index contributed by atoms with van der Waals surface area (Å²) in [5.41, 5.74) is 2.91. The Kier molecular flexibility index (Phi) is 3.50. The number of methoxy groups -OCH3 is 1. The number of nitrogens with one attached hydrogen (secondary N) is 1. The fraction of sp³-hybridized carbons (Fsp3) is 0.571. The second kappa shape index (κ2) is 4.62. The number of benzene rings is 1. The average molecular weight is 298 g/mol. The SMILES string of the molecule is COc1ccc(Br)c2c1CCNC2C(C)(C)C. The zero-order valence-electron chi connectivity index (χ0n) is 10.9. The van der Waals surface area contributed by atoms with E-state index in [4.69, 9.17) is 4.74 Å². The summed E-state index contributed by atoms with van der Waals surface area (Å²) < 4.78 is 6.66. The van der Waals surface area contributed by atoms with Crippen LogP contribution in [0.15, 0.2) is 16.6 Å². The van der Waals surface area contributed by atoms with E-state index >= 15 is 0 Å². The van der Waals surface area contributed by atoms with Gasteiger partial charge in [-0.1, -0.05) is 36.7 Å². The Labute approximate surface area is 112 Å². The molecule has 1 unspecified atom stereocenters. The van der Waals surface area contributed by atoms with Crippen molar-refractivity contribution >= 4 is 15.9 Å². The minimum Gasteiger partial charge on any atom is -0.496 e. The zero-order chi connectivity index (χ0) is 12.6. The first-order valence-corrected chi connectivity index (χ1v) is 6.83. The maximum absolute atomic E-state index is 5.48. The number of hydrogen-bond acceptors (Lipinski definition) is 2. The summed E-state index contributed by atoms with van der Waals surface area (Å²) in [7, 11) is 1.75. The van der Waals surface area contributed by atoms with Crippen LogP contribution < -0.4 is 10.1 Å². The summed E-state index contributed by atoms with van der Waals surface area (Å²) >= 11 is 3.68. The van der Waals surface area contributed by atoms with Gasteiger partial charge in [-0.2, -0.15) is 0 Å². The van der Waals surface area contributed by atoms with E-state index in [2.05, 4.69) is 48.1 Å². The van der Waals surface area contributed by atoms with Gasteiger partial charge in [0.15, 0.2) is 0 Å². The average Bonchev–Trinajstić information content (AvgIpc) is 2.28. The molecule has 0 amide bonds. The molecule has 0 bridgehead atoms. The normalized spacial score (nSPS) is 19.9. The molecule has 3 heteroatoms. The van der Waals surface area contributed by atoms with Crippen molar-refractivity contribution in [1.29, 1.82) is 0 Å². The Bertz CT molecular complexity index is 423. The highest BCUT2D eigenvalue weighted by molar-refractivity contribution is 9.10. The van der Waals surface area contributed by atoms with Gasteiger partial charge in [0.25, 0.3) is 0 Å². The monoisotopic (exact) mass is 297 g/mol. The van der Waals surface area contributed by atoms with Crippen molar-refractivity contribution in [1.82, 2.24) is 5.32 Å². The molecule has 0 saturated carbocycles. The standard InChI is InChI=1S/C14H20BrNO/c1-14(2,3)13-12-9(7-8-16-13)11(17-4)6-5-10(12)15/h5-6,13,16H,7-8H2,1-4H3. The first-order chi connectivity index (χ1) is 7.95. The third kappa shape index (κ3) is 2.36. The predicted molar refractivity (Wildman–Crippen MR) is 74.6 cm³/mol. The molecule has 1 N–H and O–H groups in total. The summed E-state index contributed by atoms with van der Waals surface area (Å²) in [6.07, 6.45) is 1.03. The van der Waals surface area contributed by atoms with Crippen LogP contribution >= 0.6 is 15.9 Å². The Morgan fingerprint density at radius 3 is 2.65 bits per heavy atom. The van der Waals surface area contributed by atoms with Crippen molar-refractivity contribution < 1.29 is 4.74 Å². The maximum Gasteiger partial charge on any atom is 0.122 e. The fourth-order valence-electron chi connectivity index (χ4n) is 2.56. The Morgan fingerprint density at radius 1 is 1.35 bits per heavy atom. The minimum absolute atomic E-state index is 0.198. The molecule has 0 saturated heterocycles. The van der Waals surface area contributed by atoms with Crippen LogP contribution in [0.4, 0.5) is 0 Å². The van der Waals surface area contributed by atoms with Crippen molar-refractivity contribution in [3.8, 4) is 5.75 Å². The Hall–Kier alpha value is -0.540. The number of hydrogen-bond donors (Lipinski definition) is 1. The molecular formula is C14H20BrNO. The van der Waals surface area contributed by atoms with E-state index in [-0.39, 0.29) is 5.41 Å². The highest BCUT2D eigenvalue weighted by Crippen LogP contribution is 2.43. The molecule has 94 valence electrons. The number of halogens is 1. The van der Waals surface area contributed by atoms with Gasteiger partial charge in [-0.05, 0) is 36.1 Å².